The summed E-state index contributed by atoms with van der Waals surface area (Å²) in [5, 5.41) is 9.81. The van der Waals surface area contributed by atoms with Gasteiger partial charge in [-0.1, -0.05) is 32.6 Å². The number of unbranched alkanes of at least 4 members (excludes halogenated alkanes) is 4. The van der Waals surface area contributed by atoms with E-state index in [4.69, 9.17) is 4.74 Å². The van der Waals surface area contributed by atoms with E-state index in [1.807, 2.05) is 13.1 Å². The van der Waals surface area contributed by atoms with Crippen molar-refractivity contribution in [3.63, 3.8) is 0 Å². The third kappa shape index (κ3) is 4.21. The Kier molecular flexibility index (Phi) is 6.55. The lowest BCUT2D eigenvalue weighted by atomic mass is 10.2. The molecule has 1 aromatic heterocycles. The molecule has 1 N–H and O–H groups in total. The number of aromatic nitrogens is 1. The SMILES string of the molecule is CCCCCCCOc1c(O)cc[n+](CC)c1C. The van der Waals surface area contributed by atoms with Crippen molar-refractivity contribution < 1.29 is 14.4 Å². The summed E-state index contributed by atoms with van der Waals surface area (Å²) in [6.45, 7) is 7.85. The van der Waals surface area contributed by atoms with Gasteiger partial charge in [0.2, 0.25) is 11.4 Å². The van der Waals surface area contributed by atoms with Crippen molar-refractivity contribution in [3.05, 3.63) is 18.0 Å². The van der Waals surface area contributed by atoms with E-state index in [2.05, 4.69) is 18.4 Å². The van der Waals surface area contributed by atoms with Crippen LogP contribution in [0.3, 0.4) is 0 Å². The highest BCUT2D eigenvalue weighted by atomic mass is 16.5. The molecule has 1 heterocycles. The van der Waals surface area contributed by atoms with Crippen LogP contribution < -0.4 is 9.30 Å². The molecule has 102 valence electrons. The Morgan fingerprint density at radius 2 is 1.89 bits per heavy atom. The number of aryl methyl sites for hydroxylation is 1. The molecule has 0 atom stereocenters. The van der Waals surface area contributed by atoms with Crippen LogP contribution in [0.25, 0.3) is 0 Å². The molecule has 3 heteroatoms. The van der Waals surface area contributed by atoms with Gasteiger partial charge >= 0.3 is 0 Å². The van der Waals surface area contributed by atoms with Gasteiger partial charge in [0.25, 0.3) is 0 Å². The molecule has 0 bridgehead atoms. The van der Waals surface area contributed by atoms with E-state index in [1.54, 1.807) is 6.07 Å². The number of aromatic hydroxyl groups is 1. The molecule has 0 aliphatic carbocycles. The van der Waals surface area contributed by atoms with Crippen molar-refractivity contribution in [1.82, 2.24) is 0 Å². The third-order valence-corrected chi connectivity index (χ3v) is 3.24. The number of hydrogen-bond donors (Lipinski definition) is 1. The van der Waals surface area contributed by atoms with E-state index in [9.17, 15) is 5.11 Å². The third-order valence-electron chi connectivity index (χ3n) is 3.24. The van der Waals surface area contributed by atoms with Crippen LogP contribution >= 0.6 is 0 Å². The zero-order chi connectivity index (χ0) is 13.4. The van der Waals surface area contributed by atoms with Crippen LogP contribution in [-0.2, 0) is 6.54 Å². The van der Waals surface area contributed by atoms with Gasteiger partial charge in [0.1, 0.15) is 6.54 Å². The highest BCUT2D eigenvalue weighted by Gasteiger charge is 2.16. The quantitative estimate of drug-likeness (QED) is 0.568. The molecule has 0 aliphatic heterocycles. The first-order valence-corrected chi connectivity index (χ1v) is 7.05. The zero-order valence-corrected chi connectivity index (χ0v) is 11.9. The number of nitrogens with zero attached hydrogens (tertiary/aromatic N) is 1. The second-order valence-corrected chi connectivity index (χ2v) is 4.66. The first-order chi connectivity index (χ1) is 8.70. The second-order valence-electron chi connectivity index (χ2n) is 4.66. The molecule has 0 saturated carbocycles. The van der Waals surface area contributed by atoms with Gasteiger partial charge in [-0.05, 0) is 13.3 Å². The summed E-state index contributed by atoms with van der Waals surface area (Å²) in [4.78, 5) is 0. The van der Waals surface area contributed by atoms with E-state index in [0.717, 1.165) is 18.7 Å². The molecule has 0 aliphatic rings. The summed E-state index contributed by atoms with van der Waals surface area (Å²) in [6, 6.07) is 1.70. The lowest BCUT2D eigenvalue weighted by Crippen LogP contribution is -2.35. The van der Waals surface area contributed by atoms with E-state index in [1.165, 1.54) is 25.7 Å². The van der Waals surface area contributed by atoms with Crippen LogP contribution in [0.4, 0.5) is 0 Å². The van der Waals surface area contributed by atoms with Crippen LogP contribution in [-0.4, -0.2) is 11.7 Å². The summed E-state index contributed by atoms with van der Waals surface area (Å²) in [7, 11) is 0. The van der Waals surface area contributed by atoms with Gasteiger partial charge in [-0.15, -0.1) is 0 Å². The minimum Gasteiger partial charge on any atom is -0.504 e. The molecule has 0 fully saturated rings. The van der Waals surface area contributed by atoms with Crippen molar-refractivity contribution in [3.8, 4) is 11.5 Å². The van der Waals surface area contributed by atoms with Crippen molar-refractivity contribution in [2.75, 3.05) is 6.61 Å². The molecule has 0 aromatic carbocycles. The molecule has 3 nitrogen and oxygen atoms in total. The van der Waals surface area contributed by atoms with Crippen molar-refractivity contribution in [2.45, 2.75) is 59.4 Å². The minimum absolute atomic E-state index is 0.241. The first-order valence-electron chi connectivity index (χ1n) is 7.05. The predicted octanol–water partition coefficient (Wildman–Crippen LogP) is 3.36. The Hall–Kier alpha value is -1.25. The number of ether oxygens (including phenoxy) is 1. The fraction of sp³-hybridized carbons (Fsp3) is 0.667. The Labute approximate surface area is 110 Å². The van der Waals surface area contributed by atoms with Gasteiger partial charge in [0.15, 0.2) is 11.9 Å². The molecule has 1 rings (SSSR count). The van der Waals surface area contributed by atoms with Crippen molar-refractivity contribution >= 4 is 0 Å². The Balaban J connectivity index is 2.46. The average Bonchev–Trinajstić information content (AvgIpc) is 2.37. The maximum atomic E-state index is 9.81. The minimum atomic E-state index is 0.241. The fourth-order valence-corrected chi connectivity index (χ4v) is 2.06. The maximum Gasteiger partial charge on any atom is 0.228 e. The largest absolute Gasteiger partial charge is 0.504 e. The van der Waals surface area contributed by atoms with Gasteiger partial charge in [-0.25, -0.2) is 0 Å². The lowest BCUT2D eigenvalue weighted by Gasteiger charge is -2.09. The molecule has 1 aromatic rings. The maximum absolute atomic E-state index is 9.81. The predicted molar refractivity (Wildman–Crippen MR) is 73.0 cm³/mol. The molecular formula is C15H26NO2+. The Morgan fingerprint density at radius 3 is 2.56 bits per heavy atom. The van der Waals surface area contributed by atoms with E-state index >= 15 is 0 Å². The van der Waals surface area contributed by atoms with E-state index < -0.39 is 0 Å². The van der Waals surface area contributed by atoms with Crippen molar-refractivity contribution in [2.24, 2.45) is 0 Å². The second kappa shape index (κ2) is 7.96. The zero-order valence-electron chi connectivity index (χ0n) is 11.9. The lowest BCUT2D eigenvalue weighted by molar-refractivity contribution is -0.699. The summed E-state index contributed by atoms with van der Waals surface area (Å²) in [5.41, 5.74) is 0.992. The summed E-state index contributed by atoms with van der Waals surface area (Å²) < 4.78 is 7.79. The van der Waals surface area contributed by atoms with Crippen molar-refractivity contribution in [1.29, 1.82) is 0 Å². The monoisotopic (exact) mass is 252 g/mol. The van der Waals surface area contributed by atoms with Crippen LogP contribution in [0.1, 0.15) is 51.6 Å². The standard InChI is InChI=1S/C15H25NO2/c1-4-6-7-8-9-12-18-15-13(3)16(5-2)11-10-14(15)17/h10-11H,4-9,12H2,1-3H3/p+1. The highest BCUT2D eigenvalue weighted by Crippen LogP contribution is 2.27. The van der Waals surface area contributed by atoms with Gasteiger partial charge < -0.3 is 9.84 Å². The molecule has 0 spiro atoms. The molecule has 0 amide bonds. The molecular weight excluding hydrogens is 226 g/mol. The molecule has 0 radical (unpaired) electrons. The normalized spacial score (nSPS) is 10.6. The number of pyridine rings is 1. The van der Waals surface area contributed by atoms with Crippen LogP contribution in [0.15, 0.2) is 12.3 Å². The number of hydrogen-bond acceptors (Lipinski definition) is 2. The van der Waals surface area contributed by atoms with Gasteiger partial charge in [-0.3, -0.25) is 0 Å². The van der Waals surface area contributed by atoms with E-state index in [-0.39, 0.29) is 5.75 Å². The molecule has 0 unspecified atom stereocenters. The van der Waals surface area contributed by atoms with E-state index in [0.29, 0.717) is 12.4 Å². The molecule has 18 heavy (non-hydrogen) atoms. The summed E-state index contributed by atoms with van der Waals surface area (Å²) >= 11 is 0. The fourth-order valence-electron chi connectivity index (χ4n) is 2.06. The van der Waals surface area contributed by atoms with Crippen LogP contribution in [0, 0.1) is 6.92 Å². The summed E-state index contributed by atoms with van der Waals surface area (Å²) in [6.07, 6.45) is 7.98. The Morgan fingerprint density at radius 1 is 1.17 bits per heavy atom. The summed E-state index contributed by atoms with van der Waals surface area (Å²) in [5.74, 6) is 0.876. The molecule has 0 saturated heterocycles. The number of rotatable bonds is 8. The van der Waals surface area contributed by atoms with Crippen LogP contribution in [0.2, 0.25) is 0 Å². The van der Waals surface area contributed by atoms with Gasteiger partial charge in [0, 0.05) is 13.0 Å². The smallest absolute Gasteiger partial charge is 0.228 e. The average molecular weight is 252 g/mol. The first kappa shape index (κ1) is 14.8. The Bertz CT molecular complexity index is 364. The van der Waals surface area contributed by atoms with Gasteiger partial charge in [0.05, 0.1) is 6.61 Å². The topological polar surface area (TPSA) is 33.3 Å². The highest BCUT2D eigenvalue weighted by molar-refractivity contribution is 5.38. The van der Waals surface area contributed by atoms with Gasteiger partial charge in [-0.2, -0.15) is 4.57 Å². The van der Waals surface area contributed by atoms with Crippen LogP contribution in [0.5, 0.6) is 11.5 Å².